The van der Waals surface area contributed by atoms with Gasteiger partial charge < -0.3 is 21.6 Å². The van der Waals surface area contributed by atoms with E-state index in [1.54, 1.807) is 18.2 Å². The van der Waals surface area contributed by atoms with Gasteiger partial charge in [-0.1, -0.05) is 18.2 Å². The molecule has 1 atom stereocenters. The molecule has 0 bridgehead atoms. The molecular weight excluding hydrogens is 500 g/mol. The number of imidazole rings is 1. The third-order valence-corrected chi connectivity index (χ3v) is 7.68. The Kier molecular flexibility index (Phi) is 6.64. The van der Waals surface area contributed by atoms with Gasteiger partial charge in [0, 0.05) is 18.7 Å². The SMILES string of the molecule is NCc1nc2c(-c3ccc(S(=O)(=O)NC[C@H](O)CN)c(S(N)(=O)=O)c3-c3nn[nH]n3)cccc2[nH]1. The number of rotatable bonds is 9. The van der Waals surface area contributed by atoms with Crippen molar-refractivity contribution >= 4 is 31.1 Å². The van der Waals surface area contributed by atoms with Crippen molar-refractivity contribution in [2.45, 2.75) is 22.4 Å². The summed E-state index contributed by atoms with van der Waals surface area (Å²) in [4.78, 5) is 6.10. The minimum Gasteiger partial charge on any atom is -0.390 e. The molecule has 2 aromatic heterocycles. The Labute approximate surface area is 199 Å². The van der Waals surface area contributed by atoms with Gasteiger partial charge in [-0.25, -0.2) is 31.7 Å². The Balaban J connectivity index is 2.05. The molecule has 0 unspecified atom stereocenters. The second kappa shape index (κ2) is 9.38. The van der Waals surface area contributed by atoms with Gasteiger partial charge in [-0.15, -0.1) is 10.2 Å². The molecule has 2 heterocycles. The number of tetrazole rings is 1. The third-order valence-electron chi connectivity index (χ3n) is 5.09. The van der Waals surface area contributed by atoms with Crippen LogP contribution in [0.15, 0.2) is 40.1 Å². The van der Waals surface area contributed by atoms with Crippen LogP contribution in [-0.4, -0.2) is 71.7 Å². The van der Waals surface area contributed by atoms with E-state index in [1.807, 2.05) is 0 Å². The first kappa shape index (κ1) is 24.8. The maximum absolute atomic E-state index is 13.1. The van der Waals surface area contributed by atoms with E-state index in [1.165, 1.54) is 6.07 Å². The summed E-state index contributed by atoms with van der Waals surface area (Å²) in [6.45, 7) is -0.529. The Morgan fingerprint density at radius 1 is 1.09 bits per heavy atom. The van der Waals surface area contributed by atoms with Gasteiger partial charge in [0.1, 0.15) is 15.6 Å². The molecule has 17 heteroatoms. The quantitative estimate of drug-likeness (QED) is 0.128. The Morgan fingerprint density at radius 3 is 2.49 bits per heavy atom. The molecule has 4 aromatic rings. The number of hydrogen-bond donors (Lipinski definition) is 7. The topological polar surface area (TPSA) is 262 Å². The van der Waals surface area contributed by atoms with Gasteiger partial charge >= 0.3 is 0 Å². The number of nitrogens with two attached hydrogens (primary N) is 3. The number of aliphatic hydroxyl groups excluding tert-OH is 1. The number of hydrogen-bond acceptors (Lipinski definition) is 11. The van der Waals surface area contributed by atoms with Crippen LogP contribution >= 0.6 is 0 Å². The van der Waals surface area contributed by atoms with Crippen molar-refractivity contribution in [3.05, 3.63) is 36.2 Å². The van der Waals surface area contributed by atoms with Gasteiger partial charge in [0.15, 0.2) is 0 Å². The van der Waals surface area contributed by atoms with E-state index < -0.39 is 42.5 Å². The van der Waals surface area contributed by atoms with Crippen LogP contribution in [0.4, 0.5) is 0 Å². The van der Waals surface area contributed by atoms with Gasteiger partial charge in [0.05, 0.1) is 29.2 Å². The first-order valence-corrected chi connectivity index (χ1v) is 13.1. The highest BCUT2D eigenvalue weighted by atomic mass is 32.2. The number of sulfonamides is 2. The van der Waals surface area contributed by atoms with Crippen LogP contribution in [0.3, 0.4) is 0 Å². The smallest absolute Gasteiger partial charge is 0.242 e. The van der Waals surface area contributed by atoms with Gasteiger partial charge in [-0.2, -0.15) is 5.21 Å². The number of benzene rings is 2. The maximum Gasteiger partial charge on any atom is 0.242 e. The third kappa shape index (κ3) is 4.78. The van der Waals surface area contributed by atoms with Crippen LogP contribution in [0.2, 0.25) is 0 Å². The molecule has 0 amide bonds. The fourth-order valence-electron chi connectivity index (χ4n) is 3.54. The fourth-order valence-corrected chi connectivity index (χ4v) is 6.21. The van der Waals surface area contributed by atoms with Crippen LogP contribution < -0.4 is 21.3 Å². The average Bonchev–Trinajstić information content (AvgIpc) is 3.50. The molecule has 10 N–H and O–H groups in total. The number of H-pyrrole nitrogens is 2. The van der Waals surface area contributed by atoms with E-state index in [0.29, 0.717) is 22.4 Å². The minimum atomic E-state index is -4.68. The van der Waals surface area contributed by atoms with E-state index in [-0.39, 0.29) is 30.0 Å². The molecular formula is C18H22N10O5S2. The largest absolute Gasteiger partial charge is 0.390 e. The average molecular weight is 523 g/mol. The Bertz CT molecular complexity index is 1580. The van der Waals surface area contributed by atoms with Crippen molar-refractivity contribution in [3.63, 3.8) is 0 Å². The number of fused-ring (bicyclic) bond motifs is 1. The van der Waals surface area contributed by atoms with Crippen LogP contribution in [-0.2, 0) is 26.6 Å². The van der Waals surface area contributed by atoms with E-state index >= 15 is 0 Å². The number of aliphatic hydroxyl groups is 1. The second-order valence-corrected chi connectivity index (χ2v) is 10.7. The molecule has 0 fully saturated rings. The van der Waals surface area contributed by atoms with Crippen LogP contribution in [0.25, 0.3) is 33.5 Å². The molecule has 0 radical (unpaired) electrons. The van der Waals surface area contributed by atoms with Crippen molar-refractivity contribution in [1.29, 1.82) is 0 Å². The number of aromatic nitrogens is 6. The number of nitrogens with zero attached hydrogens (tertiary/aromatic N) is 4. The molecule has 0 saturated heterocycles. The zero-order valence-corrected chi connectivity index (χ0v) is 19.6. The summed E-state index contributed by atoms with van der Waals surface area (Å²) in [5, 5.41) is 28.6. The number of primary sulfonamides is 1. The normalized spacial score (nSPS) is 13.4. The molecule has 4 rings (SSSR count). The van der Waals surface area contributed by atoms with Gasteiger partial charge in [-0.3, -0.25) is 0 Å². The lowest BCUT2D eigenvalue weighted by atomic mass is 9.98. The van der Waals surface area contributed by atoms with E-state index in [2.05, 4.69) is 35.3 Å². The first-order valence-electron chi connectivity index (χ1n) is 10.1. The highest BCUT2D eigenvalue weighted by Gasteiger charge is 2.32. The Morgan fingerprint density at radius 2 is 1.86 bits per heavy atom. The van der Waals surface area contributed by atoms with E-state index in [0.717, 1.165) is 6.07 Å². The standard InChI is InChI=1S/C18H22N10O5S2/c19-6-9(29)8-22-35(32,33)13-5-4-10(11-2-1-3-12-16(11)24-14(7-20)23-12)15(17(13)34(21,30)31)18-25-27-28-26-18/h1-5,9,22,29H,6-8,19-20H2,(H,23,24)(H2,21,30,31)(H,25,26,27,28)/t9-/m1/s1. The van der Waals surface area contributed by atoms with Gasteiger partial charge in [0.2, 0.25) is 25.9 Å². The highest BCUT2D eigenvalue weighted by Crippen LogP contribution is 2.40. The summed E-state index contributed by atoms with van der Waals surface area (Å²) >= 11 is 0. The highest BCUT2D eigenvalue weighted by molar-refractivity contribution is 7.92. The zero-order chi connectivity index (χ0) is 25.4. The lowest BCUT2D eigenvalue weighted by Gasteiger charge is -2.17. The van der Waals surface area contributed by atoms with Gasteiger partial charge in [0.25, 0.3) is 0 Å². The fraction of sp³-hybridized carbons (Fsp3) is 0.222. The molecule has 0 spiro atoms. The number of nitrogens with one attached hydrogen (secondary N) is 3. The minimum absolute atomic E-state index is 0.131. The van der Waals surface area contributed by atoms with Crippen molar-refractivity contribution < 1.29 is 21.9 Å². The molecule has 0 aliphatic rings. The number of aromatic amines is 2. The lowest BCUT2D eigenvalue weighted by Crippen LogP contribution is -2.36. The molecule has 2 aromatic carbocycles. The van der Waals surface area contributed by atoms with Gasteiger partial charge in [-0.05, 0) is 22.9 Å². The molecule has 0 saturated carbocycles. The summed E-state index contributed by atoms with van der Waals surface area (Å²) in [6, 6.07) is 7.60. The summed E-state index contributed by atoms with van der Waals surface area (Å²) in [5.41, 5.74) is 12.6. The lowest BCUT2D eigenvalue weighted by molar-refractivity contribution is 0.186. The summed E-state index contributed by atoms with van der Waals surface area (Å²) in [6.07, 6.45) is -1.19. The molecule has 186 valence electrons. The summed E-state index contributed by atoms with van der Waals surface area (Å²) < 4.78 is 53.9. The van der Waals surface area contributed by atoms with Crippen LogP contribution in [0.5, 0.6) is 0 Å². The number of para-hydroxylation sites is 1. The van der Waals surface area contributed by atoms with E-state index in [4.69, 9.17) is 16.6 Å². The molecule has 35 heavy (non-hydrogen) atoms. The molecule has 0 aliphatic heterocycles. The predicted octanol–water partition coefficient (Wildman–Crippen LogP) is -1.89. The maximum atomic E-state index is 13.1. The predicted molar refractivity (Wildman–Crippen MR) is 124 cm³/mol. The van der Waals surface area contributed by atoms with Crippen molar-refractivity contribution in [3.8, 4) is 22.5 Å². The molecule has 0 aliphatic carbocycles. The van der Waals surface area contributed by atoms with Crippen LogP contribution in [0.1, 0.15) is 5.82 Å². The zero-order valence-electron chi connectivity index (χ0n) is 18.0. The van der Waals surface area contributed by atoms with Crippen molar-refractivity contribution in [1.82, 2.24) is 35.3 Å². The van der Waals surface area contributed by atoms with Crippen molar-refractivity contribution in [2.75, 3.05) is 13.1 Å². The molecule has 15 nitrogen and oxygen atoms in total. The summed E-state index contributed by atoms with van der Waals surface area (Å²) in [5.74, 6) is 0.275. The summed E-state index contributed by atoms with van der Waals surface area (Å²) in [7, 11) is -9.16. The Hall–Kier alpha value is -3.32. The monoisotopic (exact) mass is 522 g/mol. The van der Waals surface area contributed by atoms with Crippen LogP contribution in [0, 0.1) is 0 Å². The second-order valence-electron chi connectivity index (χ2n) is 7.43. The van der Waals surface area contributed by atoms with E-state index in [9.17, 15) is 21.9 Å². The van der Waals surface area contributed by atoms with Crippen molar-refractivity contribution in [2.24, 2.45) is 16.6 Å². The first-order chi connectivity index (χ1) is 16.6.